The summed E-state index contributed by atoms with van der Waals surface area (Å²) < 4.78 is 0. The van der Waals surface area contributed by atoms with E-state index in [1.54, 1.807) is 12.1 Å². The number of benzene rings is 1. The number of phenolic OH excluding ortho intramolecular Hbond substituents is 1. The number of halogens is 1. The summed E-state index contributed by atoms with van der Waals surface area (Å²) in [7, 11) is 0. The molecular formula is C13H14ClNO4. The lowest BCUT2D eigenvalue weighted by Crippen LogP contribution is -2.19. The van der Waals surface area contributed by atoms with E-state index in [2.05, 4.69) is 4.98 Å². The van der Waals surface area contributed by atoms with E-state index in [4.69, 9.17) is 16.7 Å². The van der Waals surface area contributed by atoms with Gasteiger partial charge in [0, 0.05) is 23.8 Å². The smallest absolute Gasteiger partial charge is 0.147 e. The summed E-state index contributed by atoms with van der Waals surface area (Å²) in [5.41, 5.74) is 0.359. The molecule has 2 rings (SSSR count). The minimum atomic E-state index is -1.34. The van der Waals surface area contributed by atoms with Crippen molar-refractivity contribution in [3.05, 3.63) is 35.0 Å². The fourth-order valence-electron chi connectivity index (χ4n) is 1.93. The predicted octanol–water partition coefficient (Wildman–Crippen LogP) is 1.37. The number of aliphatic hydroxyl groups excluding tert-OH is 3. The monoisotopic (exact) mass is 283 g/mol. The second kappa shape index (κ2) is 5.71. The Hall–Kier alpha value is -1.40. The fourth-order valence-corrected chi connectivity index (χ4v) is 2.20. The van der Waals surface area contributed by atoms with Gasteiger partial charge in [-0.2, -0.15) is 0 Å². The first-order valence-corrected chi connectivity index (χ1v) is 6.17. The average molecular weight is 284 g/mol. The van der Waals surface area contributed by atoms with Crippen LogP contribution in [0.15, 0.2) is 24.4 Å². The second-order valence-electron chi connectivity index (χ2n) is 4.22. The van der Waals surface area contributed by atoms with Crippen LogP contribution < -0.4 is 0 Å². The lowest BCUT2D eigenvalue weighted by molar-refractivity contribution is 0.00316. The van der Waals surface area contributed by atoms with Crippen LogP contribution in [0.3, 0.4) is 0 Å². The highest BCUT2D eigenvalue weighted by Crippen LogP contribution is 2.37. The molecule has 0 aliphatic heterocycles. The molecule has 0 aliphatic rings. The molecule has 0 saturated heterocycles. The number of fused-ring (bicyclic) bond motifs is 1. The SMILES string of the molecule is OCCC(O)C(O)c1cc(Cl)c2cccnc2c1O. The first kappa shape index (κ1) is 14.0. The molecule has 6 heteroatoms. The molecule has 5 nitrogen and oxygen atoms in total. The maximum absolute atomic E-state index is 10.1. The summed E-state index contributed by atoms with van der Waals surface area (Å²) in [5.74, 6) is -0.218. The fraction of sp³-hybridized carbons (Fsp3) is 0.308. The molecule has 2 aromatic rings. The van der Waals surface area contributed by atoms with Crippen molar-refractivity contribution in [1.82, 2.24) is 4.98 Å². The summed E-state index contributed by atoms with van der Waals surface area (Å²) in [6.45, 7) is -0.265. The van der Waals surface area contributed by atoms with Crippen LogP contribution in [0.2, 0.25) is 5.02 Å². The van der Waals surface area contributed by atoms with Crippen molar-refractivity contribution < 1.29 is 20.4 Å². The van der Waals surface area contributed by atoms with E-state index >= 15 is 0 Å². The van der Waals surface area contributed by atoms with Crippen LogP contribution in [0.1, 0.15) is 18.1 Å². The topological polar surface area (TPSA) is 93.8 Å². The molecule has 0 aliphatic carbocycles. The highest BCUT2D eigenvalue weighted by Gasteiger charge is 2.23. The van der Waals surface area contributed by atoms with Gasteiger partial charge in [0.2, 0.25) is 0 Å². The van der Waals surface area contributed by atoms with Crippen molar-refractivity contribution >= 4 is 22.5 Å². The Morgan fingerprint density at radius 3 is 2.74 bits per heavy atom. The average Bonchev–Trinajstić information content (AvgIpc) is 2.42. The molecule has 0 fully saturated rings. The van der Waals surface area contributed by atoms with Gasteiger partial charge in [-0.25, -0.2) is 0 Å². The Morgan fingerprint density at radius 1 is 1.32 bits per heavy atom. The molecule has 1 aromatic carbocycles. The van der Waals surface area contributed by atoms with E-state index in [0.717, 1.165) is 0 Å². The minimum absolute atomic E-state index is 0.00151. The molecule has 0 bridgehead atoms. The molecule has 2 atom stereocenters. The number of nitrogens with zero attached hydrogens (tertiary/aromatic N) is 1. The Labute approximate surface area is 114 Å². The van der Waals surface area contributed by atoms with Crippen molar-refractivity contribution in [2.45, 2.75) is 18.6 Å². The largest absolute Gasteiger partial charge is 0.505 e. The van der Waals surface area contributed by atoms with E-state index in [9.17, 15) is 15.3 Å². The standard InChI is InChI=1S/C13H14ClNO4/c14-9-6-8(12(18)10(17)3-5-16)13(19)11-7(9)2-1-4-15-11/h1-2,4,6,10,12,16-19H,3,5H2. The van der Waals surface area contributed by atoms with Gasteiger partial charge in [-0.15, -0.1) is 0 Å². The van der Waals surface area contributed by atoms with E-state index in [0.29, 0.717) is 10.4 Å². The van der Waals surface area contributed by atoms with Gasteiger partial charge in [0.1, 0.15) is 17.4 Å². The van der Waals surface area contributed by atoms with Crippen LogP contribution in [0.25, 0.3) is 10.9 Å². The predicted molar refractivity (Wildman–Crippen MR) is 71.1 cm³/mol. The Bertz CT molecular complexity index is 590. The maximum Gasteiger partial charge on any atom is 0.147 e. The number of hydrogen-bond acceptors (Lipinski definition) is 5. The van der Waals surface area contributed by atoms with Crippen LogP contribution in [0.5, 0.6) is 5.75 Å². The quantitative estimate of drug-likeness (QED) is 0.680. The molecule has 0 spiro atoms. The van der Waals surface area contributed by atoms with Crippen LogP contribution in [0, 0.1) is 0 Å². The molecule has 1 heterocycles. The van der Waals surface area contributed by atoms with Crippen molar-refractivity contribution in [2.24, 2.45) is 0 Å². The number of rotatable bonds is 4. The molecule has 19 heavy (non-hydrogen) atoms. The van der Waals surface area contributed by atoms with Crippen molar-refractivity contribution in [3.8, 4) is 5.75 Å². The summed E-state index contributed by atoms with van der Waals surface area (Å²) >= 11 is 6.07. The maximum atomic E-state index is 10.1. The highest BCUT2D eigenvalue weighted by molar-refractivity contribution is 6.35. The van der Waals surface area contributed by atoms with Gasteiger partial charge in [0.05, 0.1) is 11.1 Å². The molecule has 0 amide bonds. The Kier molecular flexibility index (Phi) is 4.21. The number of pyridine rings is 1. The van der Waals surface area contributed by atoms with Gasteiger partial charge >= 0.3 is 0 Å². The third-order valence-corrected chi connectivity index (χ3v) is 3.27. The highest BCUT2D eigenvalue weighted by atomic mass is 35.5. The van der Waals surface area contributed by atoms with E-state index in [-0.39, 0.29) is 29.9 Å². The first-order valence-electron chi connectivity index (χ1n) is 5.79. The van der Waals surface area contributed by atoms with E-state index in [1.807, 2.05) is 0 Å². The first-order chi connectivity index (χ1) is 9.06. The van der Waals surface area contributed by atoms with Gasteiger partial charge < -0.3 is 20.4 Å². The Balaban J connectivity index is 2.52. The van der Waals surface area contributed by atoms with Gasteiger partial charge in [-0.3, -0.25) is 4.98 Å². The van der Waals surface area contributed by atoms with Crippen LogP contribution >= 0.6 is 11.6 Å². The van der Waals surface area contributed by atoms with Gasteiger partial charge in [0.15, 0.2) is 0 Å². The summed E-state index contributed by atoms with van der Waals surface area (Å²) in [4.78, 5) is 4.01. The van der Waals surface area contributed by atoms with Crippen LogP contribution in [0.4, 0.5) is 0 Å². The van der Waals surface area contributed by atoms with Crippen LogP contribution in [-0.4, -0.2) is 38.1 Å². The van der Waals surface area contributed by atoms with Gasteiger partial charge in [-0.05, 0) is 24.6 Å². The van der Waals surface area contributed by atoms with Crippen molar-refractivity contribution in [1.29, 1.82) is 0 Å². The molecule has 0 radical (unpaired) electrons. The number of phenols is 1. The van der Waals surface area contributed by atoms with Crippen LogP contribution in [-0.2, 0) is 0 Å². The number of hydrogen-bond donors (Lipinski definition) is 4. The lowest BCUT2D eigenvalue weighted by atomic mass is 9.99. The van der Waals surface area contributed by atoms with Crippen molar-refractivity contribution in [2.75, 3.05) is 6.61 Å². The number of aliphatic hydroxyl groups is 3. The normalized spacial score (nSPS) is 14.5. The summed E-state index contributed by atoms with van der Waals surface area (Å²) in [6.07, 6.45) is -1.03. The number of aromatic nitrogens is 1. The number of aromatic hydroxyl groups is 1. The van der Waals surface area contributed by atoms with Gasteiger partial charge in [0.25, 0.3) is 0 Å². The van der Waals surface area contributed by atoms with Crippen molar-refractivity contribution in [3.63, 3.8) is 0 Å². The molecule has 0 saturated carbocycles. The third kappa shape index (κ3) is 2.64. The molecule has 1 aromatic heterocycles. The van der Waals surface area contributed by atoms with Gasteiger partial charge in [-0.1, -0.05) is 11.6 Å². The zero-order valence-electron chi connectivity index (χ0n) is 9.99. The minimum Gasteiger partial charge on any atom is -0.505 e. The second-order valence-corrected chi connectivity index (χ2v) is 4.63. The molecule has 102 valence electrons. The Morgan fingerprint density at radius 2 is 2.05 bits per heavy atom. The molecular weight excluding hydrogens is 270 g/mol. The summed E-state index contributed by atoms with van der Waals surface area (Å²) in [5, 5.41) is 39.4. The third-order valence-electron chi connectivity index (χ3n) is 2.95. The zero-order chi connectivity index (χ0) is 14.0. The molecule has 2 unspecified atom stereocenters. The summed E-state index contributed by atoms with van der Waals surface area (Å²) in [6, 6.07) is 4.78. The van der Waals surface area contributed by atoms with E-state index < -0.39 is 12.2 Å². The lowest BCUT2D eigenvalue weighted by Gasteiger charge is -2.19. The zero-order valence-corrected chi connectivity index (χ0v) is 10.7. The molecule has 4 N–H and O–H groups in total. The van der Waals surface area contributed by atoms with E-state index in [1.165, 1.54) is 12.3 Å².